The van der Waals surface area contributed by atoms with Gasteiger partial charge in [-0.1, -0.05) is 28.1 Å². The number of carbonyl (C=O) groups excluding carboxylic acids is 1. The maximum Gasteiger partial charge on any atom is 0.265 e. The minimum atomic E-state index is -0.314. The summed E-state index contributed by atoms with van der Waals surface area (Å²) in [5.41, 5.74) is 4.64. The molecule has 4 nitrogen and oxygen atoms in total. The number of hydrogen-bond acceptors (Lipinski definition) is 3. The van der Waals surface area contributed by atoms with Crippen molar-refractivity contribution in [2.75, 3.05) is 0 Å². The van der Waals surface area contributed by atoms with E-state index < -0.39 is 0 Å². The standard InChI is InChI=1S/C15H15BrN2O2/c1-10-7-13(5-6-14(10)16)20-9-11-3-2-4-12(8-11)15(19)18-17/h2-8H,9,17H2,1H3,(H,18,19). The second kappa shape index (κ2) is 6.54. The predicted molar refractivity (Wildman–Crippen MR) is 81.3 cm³/mol. The Morgan fingerprint density at radius 3 is 2.80 bits per heavy atom. The summed E-state index contributed by atoms with van der Waals surface area (Å²) in [6.07, 6.45) is 0. The van der Waals surface area contributed by atoms with Gasteiger partial charge in [0.2, 0.25) is 0 Å². The molecule has 0 unspecified atom stereocenters. The molecule has 0 aliphatic heterocycles. The van der Waals surface area contributed by atoms with E-state index in [-0.39, 0.29) is 5.91 Å². The van der Waals surface area contributed by atoms with E-state index in [0.29, 0.717) is 12.2 Å². The zero-order valence-electron chi connectivity index (χ0n) is 11.0. The van der Waals surface area contributed by atoms with E-state index in [1.165, 1.54) is 0 Å². The van der Waals surface area contributed by atoms with E-state index in [4.69, 9.17) is 10.6 Å². The van der Waals surface area contributed by atoms with Crippen LogP contribution in [0, 0.1) is 6.92 Å². The Labute approximate surface area is 126 Å². The van der Waals surface area contributed by atoms with Crippen LogP contribution >= 0.6 is 15.9 Å². The monoisotopic (exact) mass is 334 g/mol. The highest BCUT2D eigenvalue weighted by Gasteiger charge is 2.05. The molecule has 0 spiro atoms. The molecule has 0 atom stereocenters. The average molecular weight is 335 g/mol. The SMILES string of the molecule is Cc1cc(OCc2cccc(C(=O)NN)c2)ccc1Br. The molecule has 0 heterocycles. The Morgan fingerprint density at radius 2 is 2.10 bits per heavy atom. The summed E-state index contributed by atoms with van der Waals surface area (Å²) in [7, 11) is 0. The zero-order valence-corrected chi connectivity index (χ0v) is 12.6. The van der Waals surface area contributed by atoms with Crippen molar-refractivity contribution in [2.45, 2.75) is 13.5 Å². The predicted octanol–water partition coefficient (Wildman–Crippen LogP) is 2.94. The molecule has 0 aliphatic carbocycles. The van der Waals surface area contributed by atoms with Gasteiger partial charge in [0.05, 0.1) is 0 Å². The molecule has 2 rings (SSSR count). The van der Waals surface area contributed by atoms with Gasteiger partial charge in [0.15, 0.2) is 0 Å². The van der Waals surface area contributed by atoms with Crippen LogP contribution in [0.5, 0.6) is 5.75 Å². The maximum atomic E-state index is 11.4. The highest BCUT2D eigenvalue weighted by atomic mass is 79.9. The third-order valence-electron chi connectivity index (χ3n) is 2.86. The molecule has 3 N–H and O–H groups in total. The number of amides is 1. The quantitative estimate of drug-likeness (QED) is 0.513. The normalized spacial score (nSPS) is 10.2. The number of hydrogen-bond donors (Lipinski definition) is 2. The fraction of sp³-hybridized carbons (Fsp3) is 0.133. The second-order valence-electron chi connectivity index (χ2n) is 4.37. The van der Waals surface area contributed by atoms with Crippen LogP contribution in [0.4, 0.5) is 0 Å². The first kappa shape index (κ1) is 14.6. The van der Waals surface area contributed by atoms with Crippen molar-refractivity contribution in [3.63, 3.8) is 0 Å². The number of hydrazine groups is 1. The number of nitrogen functional groups attached to an aromatic ring is 1. The van der Waals surface area contributed by atoms with Crippen LogP contribution in [-0.2, 0) is 6.61 Å². The molecule has 5 heteroatoms. The summed E-state index contributed by atoms with van der Waals surface area (Å²) in [5.74, 6) is 5.59. The smallest absolute Gasteiger partial charge is 0.265 e. The summed E-state index contributed by atoms with van der Waals surface area (Å²) < 4.78 is 6.76. The van der Waals surface area contributed by atoms with Crippen LogP contribution in [0.15, 0.2) is 46.9 Å². The molecule has 0 saturated heterocycles. The third kappa shape index (κ3) is 3.59. The van der Waals surface area contributed by atoms with Crippen LogP contribution in [0.2, 0.25) is 0 Å². The number of carbonyl (C=O) groups is 1. The second-order valence-corrected chi connectivity index (χ2v) is 5.23. The summed E-state index contributed by atoms with van der Waals surface area (Å²) >= 11 is 3.45. The van der Waals surface area contributed by atoms with Gasteiger partial charge in [0, 0.05) is 10.0 Å². The number of halogens is 1. The van der Waals surface area contributed by atoms with Gasteiger partial charge in [-0.05, 0) is 48.4 Å². The largest absolute Gasteiger partial charge is 0.489 e. The molecule has 20 heavy (non-hydrogen) atoms. The summed E-state index contributed by atoms with van der Waals surface area (Å²) in [5, 5.41) is 0. The Morgan fingerprint density at radius 1 is 1.30 bits per heavy atom. The van der Waals surface area contributed by atoms with Gasteiger partial charge in [-0.2, -0.15) is 0 Å². The van der Waals surface area contributed by atoms with Gasteiger partial charge in [0.25, 0.3) is 5.91 Å². The molecular weight excluding hydrogens is 320 g/mol. The molecule has 0 bridgehead atoms. The third-order valence-corrected chi connectivity index (χ3v) is 3.74. The molecule has 2 aromatic carbocycles. The summed E-state index contributed by atoms with van der Waals surface area (Å²) in [6, 6.07) is 13.0. The van der Waals surface area contributed by atoms with Crippen molar-refractivity contribution in [2.24, 2.45) is 5.84 Å². The lowest BCUT2D eigenvalue weighted by molar-refractivity contribution is 0.0953. The van der Waals surface area contributed by atoms with Crippen molar-refractivity contribution in [3.8, 4) is 5.75 Å². The Kier molecular flexibility index (Phi) is 4.76. The highest BCUT2D eigenvalue weighted by Crippen LogP contribution is 2.22. The minimum Gasteiger partial charge on any atom is -0.489 e. The number of nitrogens with one attached hydrogen (secondary N) is 1. The van der Waals surface area contributed by atoms with Crippen molar-refractivity contribution < 1.29 is 9.53 Å². The number of benzene rings is 2. The molecular formula is C15H15BrN2O2. The number of aryl methyl sites for hydroxylation is 1. The summed E-state index contributed by atoms with van der Waals surface area (Å²) in [4.78, 5) is 11.4. The highest BCUT2D eigenvalue weighted by molar-refractivity contribution is 9.10. The lowest BCUT2D eigenvalue weighted by Crippen LogP contribution is -2.30. The van der Waals surface area contributed by atoms with Gasteiger partial charge >= 0.3 is 0 Å². The van der Waals surface area contributed by atoms with Gasteiger partial charge in [0.1, 0.15) is 12.4 Å². The molecule has 104 valence electrons. The lowest BCUT2D eigenvalue weighted by atomic mass is 10.1. The van der Waals surface area contributed by atoms with Crippen molar-refractivity contribution >= 4 is 21.8 Å². The Hall–Kier alpha value is -1.85. The van der Waals surface area contributed by atoms with E-state index in [9.17, 15) is 4.79 Å². The Bertz CT molecular complexity index is 629. The van der Waals surface area contributed by atoms with Crippen LogP contribution in [0.1, 0.15) is 21.5 Å². The van der Waals surface area contributed by atoms with E-state index in [1.807, 2.05) is 31.2 Å². The fourth-order valence-electron chi connectivity index (χ4n) is 1.76. The van der Waals surface area contributed by atoms with Crippen LogP contribution < -0.4 is 16.0 Å². The first-order valence-electron chi connectivity index (χ1n) is 6.09. The first-order valence-corrected chi connectivity index (χ1v) is 6.88. The molecule has 1 amide bonds. The van der Waals surface area contributed by atoms with Gasteiger partial charge in [-0.25, -0.2) is 5.84 Å². The zero-order chi connectivity index (χ0) is 14.5. The first-order chi connectivity index (χ1) is 9.60. The maximum absolute atomic E-state index is 11.4. The molecule has 0 saturated carbocycles. The number of ether oxygens (including phenoxy) is 1. The van der Waals surface area contributed by atoms with E-state index >= 15 is 0 Å². The van der Waals surface area contributed by atoms with Crippen LogP contribution in [0.25, 0.3) is 0 Å². The summed E-state index contributed by atoms with van der Waals surface area (Å²) in [6.45, 7) is 2.40. The Balaban J connectivity index is 2.07. The fourth-order valence-corrected chi connectivity index (χ4v) is 2.01. The van der Waals surface area contributed by atoms with Gasteiger partial charge < -0.3 is 4.74 Å². The molecule has 2 aromatic rings. The van der Waals surface area contributed by atoms with Crippen molar-refractivity contribution in [1.29, 1.82) is 0 Å². The van der Waals surface area contributed by atoms with Crippen LogP contribution in [-0.4, -0.2) is 5.91 Å². The van der Waals surface area contributed by atoms with Crippen molar-refractivity contribution in [1.82, 2.24) is 5.43 Å². The molecule has 0 aliphatic rings. The molecule has 0 fully saturated rings. The van der Waals surface area contributed by atoms with Gasteiger partial charge in [-0.15, -0.1) is 0 Å². The average Bonchev–Trinajstić information content (AvgIpc) is 2.48. The van der Waals surface area contributed by atoms with Crippen molar-refractivity contribution in [3.05, 3.63) is 63.6 Å². The van der Waals surface area contributed by atoms with Crippen LogP contribution in [0.3, 0.4) is 0 Å². The number of nitrogens with two attached hydrogens (primary N) is 1. The topological polar surface area (TPSA) is 64.3 Å². The van der Waals surface area contributed by atoms with E-state index in [1.54, 1.807) is 18.2 Å². The lowest BCUT2D eigenvalue weighted by Gasteiger charge is -2.09. The van der Waals surface area contributed by atoms with E-state index in [2.05, 4.69) is 21.4 Å². The van der Waals surface area contributed by atoms with Gasteiger partial charge in [-0.3, -0.25) is 10.2 Å². The minimum absolute atomic E-state index is 0.314. The molecule has 0 radical (unpaired) electrons. The molecule has 0 aromatic heterocycles. The van der Waals surface area contributed by atoms with E-state index in [0.717, 1.165) is 21.3 Å². The number of rotatable bonds is 4.